The molecule has 0 amide bonds. The summed E-state index contributed by atoms with van der Waals surface area (Å²) in [6.45, 7) is 1.92. The Morgan fingerprint density at radius 3 is 2.79 bits per heavy atom. The third-order valence-corrected chi connectivity index (χ3v) is 2.81. The normalized spacial score (nSPS) is 10.7. The van der Waals surface area contributed by atoms with E-state index in [1.165, 1.54) is 11.3 Å². The molecule has 0 radical (unpaired) electrons. The first kappa shape index (κ1) is 9.14. The summed E-state index contributed by atoms with van der Waals surface area (Å²) in [6.07, 6.45) is 0.686. The van der Waals surface area contributed by atoms with Gasteiger partial charge in [0.05, 0.1) is 12.1 Å². The first-order chi connectivity index (χ1) is 6.66. The lowest BCUT2D eigenvalue weighted by molar-refractivity contribution is 0.791. The van der Waals surface area contributed by atoms with Gasteiger partial charge in [0, 0.05) is 12.4 Å². The third-order valence-electron chi connectivity index (χ3n) is 2.09. The minimum Gasteiger partial charge on any atom is -0.375 e. The Kier molecular flexibility index (Phi) is 2.20. The van der Waals surface area contributed by atoms with Crippen LogP contribution >= 0.6 is 11.3 Å². The summed E-state index contributed by atoms with van der Waals surface area (Å²) in [5.74, 6) is 1.82. The molecule has 0 aliphatic rings. The van der Waals surface area contributed by atoms with Gasteiger partial charge in [-0.3, -0.25) is 0 Å². The maximum atomic E-state index is 5.54. The maximum Gasteiger partial charge on any atom is 0.180 e. The molecule has 14 heavy (non-hydrogen) atoms. The second-order valence-corrected chi connectivity index (χ2v) is 3.97. The van der Waals surface area contributed by atoms with E-state index >= 15 is 0 Å². The molecule has 2 rings (SSSR count). The Morgan fingerprint density at radius 2 is 2.29 bits per heavy atom. The van der Waals surface area contributed by atoms with Crippen molar-refractivity contribution in [3.05, 3.63) is 22.7 Å². The molecule has 2 aromatic rings. The van der Waals surface area contributed by atoms with E-state index in [4.69, 9.17) is 5.73 Å². The van der Waals surface area contributed by atoms with Crippen molar-refractivity contribution in [2.24, 2.45) is 7.05 Å². The third kappa shape index (κ3) is 1.60. The number of nitrogens with two attached hydrogens (primary N) is 1. The highest BCUT2D eigenvalue weighted by Crippen LogP contribution is 2.14. The molecule has 0 aliphatic heterocycles. The molecule has 6 heteroatoms. The van der Waals surface area contributed by atoms with E-state index in [0.29, 0.717) is 11.6 Å². The molecule has 5 nitrogen and oxygen atoms in total. The molecular formula is C8H11N5S. The summed E-state index contributed by atoms with van der Waals surface area (Å²) in [4.78, 5) is 4.17. The van der Waals surface area contributed by atoms with Gasteiger partial charge in [0.1, 0.15) is 11.6 Å². The molecule has 2 N–H and O–H groups in total. The van der Waals surface area contributed by atoms with Crippen molar-refractivity contribution in [2.45, 2.75) is 13.3 Å². The molecule has 74 valence electrons. The van der Waals surface area contributed by atoms with Crippen LogP contribution in [0.1, 0.15) is 17.3 Å². The lowest BCUT2D eigenvalue weighted by Gasteiger charge is -1.98. The number of anilines is 1. The topological polar surface area (TPSA) is 69.6 Å². The molecule has 0 unspecified atom stereocenters. The Morgan fingerprint density at radius 1 is 1.50 bits per heavy atom. The summed E-state index contributed by atoms with van der Waals surface area (Å²) in [5.41, 5.74) is 6.49. The number of nitrogens with zero attached hydrogens (tertiary/aromatic N) is 4. The van der Waals surface area contributed by atoms with E-state index in [2.05, 4.69) is 15.2 Å². The fourth-order valence-corrected chi connectivity index (χ4v) is 1.73. The fourth-order valence-electron chi connectivity index (χ4n) is 1.17. The smallest absolute Gasteiger partial charge is 0.180 e. The largest absolute Gasteiger partial charge is 0.375 e. The van der Waals surface area contributed by atoms with E-state index in [9.17, 15) is 0 Å². The average Bonchev–Trinajstić information content (AvgIpc) is 2.67. The van der Waals surface area contributed by atoms with Crippen LogP contribution in [0.15, 0.2) is 5.38 Å². The highest BCUT2D eigenvalue weighted by Gasteiger charge is 2.07. The van der Waals surface area contributed by atoms with Gasteiger partial charge in [0.15, 0.2) is 5.13 Å². The van der Waals surface area contributed by atoms with Gasteiger partial charge in [-0.25, -0.2) is 4.98 Å². The van der Waals surface area contributed by atoms with Crippen LogP contribution in [0.5, 0.6) is 0 Å². The number of rotatable bonds is 2. The van der Waals surface area contributed by atoms with E-state index in [0.717, 1.165) is 17.3 Å². The molecule has 0 saturated carbocycles. The molecule has 0 fully saturated rings. The fraction of sp³-hybridized carbons (Fsp3) is 0.375. The predicted octanol–water partition coefficient (Wildman–Crippen LogP) is 0.753. The summed E-state index contributed by atoms with van der Waals surface area (Å²) < 4.78 is 1.95. The van der Waals surface area contributed by atoms with Crippen LogP contribution in [0.4, 0.5) is 5.13 Å². The molecule has 2 heterocycles. The van der Waals surface area contributed by atoms with Gasteiger partial charge in [-0.1, -0.05) is 0 Å². The summed E-state index contributed by atoms with van der Waals surface area (Å²) >= 11 is 1.45. The lowest BCUT2D eigenvalue weighted by atomic mass is 10.3. The molecule has 0 aliphatic carbocycles. The highest BCUT2D eigenvalue weighted by atomic mass is 32.1. The minimum atomic E-state index is 0.596. The van der Waals surface area contributed by atoms with Crippen LogP contribution in [-0.4, -0.2) is 19.7 Å². The zero-order valence-corrected chi connectivity index (χ0v) is 8.88. The molecule has 0 aromatic carbocycles. The first-order valence-corrected chi connectivity index (χ1v) is 5.09. The Labute approximate surface area is 85.6 Å². The van der Waals surface area contributed by atoms with Crippen molar-refractivity contribution in [1.29, 1.82) is 0 Å². The van der Waals surface area contributed by atoms with Gasteiger partial charge < -0.3 is 10.3 Å². The number of thiazole rings is 1. The van der Waals surface area contributed by atoms with Gasteiger partial charge >= 0.3 is 0 Å². The van der Waals surface area contributed by atoms with Crippen molar-refractivity contribution in [3.8, 4) is 0 Å². The monoisotopic (exact) mass is 209 g/mol. The predicted molar refractivity (Wildman–Crippen MR) is 55.1 cm³/mol. The van der Waals surface area contributed by atoms with Gasteiger partial charge in [0.2, 0.25) is 0 Å². The number of nitrogen functional groups attached to an aromatic ring is 1. The van der Waals surface area contributed by atoms with Crippen molar-refractivity contribution in [2.75, 3.05) is 5.73 Å². The Bertz CT molecular complexity index is 444. The quantitative estimate of drug-likeness (QED) is 0.792. The molecule has 0 saturated heterocycles. The van der Waals surface area contributed by atoms with Gasteiger partial charge in [-0.2, -0.15) is 0 Å². The molecule has 2 aromatic heterocycles. The average molecular weight is 209 g/mol. The number of aryl methyl sites for hydroxylation is 1. The van der Waals surface area contributed by atoms with Crippen LogP contribution in [0, 0.1) is 6.92 Å². The van der Waals surface area contributed by atoms with Crippen LogP contribution in [-0.2, 0) is 13.5 Å². The van der Waals surface area contributed by atoms with Gasteiger partial charge in [-0.15, -0.1) is 21.5 Å². The van der Waals surface area contributed by atoms with E-state index < -0.39 is 0 Å². The Hall–Kier alpha value is -1.43. The van der Waals surface area contributed by atoms with E-state index in [-0.39, 0.29) is 0 Å². The maximum absolute atomic E-state index is 5.54. The number of hydrogen-bond donors (Lipinski definition) is 1. The number of hydrogen-bond acceptors (Lipinski definition) is 5. The van der Waals surface area contributed by atoms with E-state index in [1.807, 2.05) is 23.9 Å². The van der Waals surface area contributed by atoms with Crippen molar-refractivity contribution in [1.82, 2.24) is 19.7 Å². The van der Waals surface area contributed by atoms with Crippen molar-refractivity contribution < 1.29 is 0 Å². The molecule has 0 atom stereocenters. The van der Waals surface area contributed by atoms with Crippen LogP contribution in [0.25, 0.3) is 0 Å². The van der Waals surface area contributed by atoms with Gasteiger partial charge in [0.25, 0.3) is 0 Å². The standard InChI is InChI=1S/C8H11N5S/c1-5-11-12-7(13(5)2)3-6-4-14-8(9)10-6/h4H,3H2,1-2H3,(H2,9,10). The second kappa shape index (κ2) is 3.38. The SMILES string of the molecule is Cc1nnc(Cc2csc(N)n2)n1C. The molecule has 0 bridgehead atoms. The van der Waals surface area contributed by atoms with Crippen molar-refractivity contribution >= 4 is 16.5 Å². The van der Waals surface area contributed by atoms with Crippen LogP contribution in [0.3, 0.4) is 0 Å². The summed E-state index contributed by atoms with van der Waals surface area (Å²) in [6, 6.07) is 0. The van der Waals surface area contributed by atoms with Crippen LogP contribution < -0.4 is 5.73 Å². The van der Waals surface area contributed by atoms with E-state index in [1.54, 1.807) is 0 Å². The molecule has 0 spiro atoms. The van der Waals surface area contributed by atoms with Gasteiger partial charge in [-0.05, 0) is 6.92 Å². The number of aromatic nitrogens is 4. The zero-order chi connectivity index (χ0) is 10.1. The lowest BCUT2D eigenvalue weighted by Crippen LogP contribution is -2.01. The zero-order valence-electron chi connectivity index (χ0n) is 8.06. The summed E-state index contributed by atoms with van der Waals surface area (Å²) in [5, 5.41) is 10.6. The summed E-state index contributed by atoms with van der Waals surface area (Å²) in [7, 11) is 1.94. The first-order valence-electron chi connectivity index (χ1n) is 4.21. The molecular weight excluding hydrogens is 198 g/mol. The van der Waals surface area contributed by atoms with Crippen LogP contribution in [0.2, 0.25) is 0 Å². The second-order valence-electron chi connectivity index (χ2n) is 3.08. The minimum absolute atomic E-state index is 0.596. The highest BCUT2D eigenvalue weighted by molar-refractivity contribution is 7.13. The Balaban J connectivity index is 2.22. The van der Waals surface area contributed by atoms with Crippen molar-refractivity contribution in [3.63, 3.8) is 0 Å².